The maximum atomic E-state index is 12.5. The summed E-state index contributed by atoms with van der Waals surface area (Å²) in [4.78, 5) is 19.0. The molecule has 4 rings (SSSR count). The van der Waals surface area contributed by atoms with Crippen LogP contribution < -0.4 is 4.90 Å². The summed E-state index contributed by atoms with van der Waals surface area (Å²) >= 11 is 6.18. The van der Waals surface area contributed by atoms with Gasteiger partial charge in [0.2, 0.25) is 5.91 Å². The van der Waals surface area contributed by atoms with Gasteiger partial charge in [-0.15, -0.1) is 0 Å². The quantitative estimate of drug-likeness (QED) is 0.551. The van der Waals surface area contributed by atoms with Crippen molar-refractivity contribution in [2.45, 2.75) is 19.9 Å². The van der Waals surface area contributed by atoms with E-state index >= 15 is 0 Å². The van der Waals surface area contributed by atoms with Crippen LogP contribution in [0.3, 0.4) is 0 Å². The molecule has 0 saturated carbocycles. The van der Waals surface area contributed by atoms with Crippen molar-refractivity contribution in [3.63, 3.8) is 0 Å². The van der Waals surface area contributed by atoms with Gasteiger partial charge in [0.05, 0.1) is 24.5 Å². The third-order valence-electron chi connectivity index (χ3n) is 5.32. The third kappa shape index (κ3) is 4.16. The Bertz CT molecular complexity index is 1120. The topological polar surface area (TPSA) is 42.4 Å². The maximum Gasteiger partial charge on any atom is 0.224 e. The van der Waals surface area contributed by atoms with Crippen LogP contribution in [0.15, 0.2) is 54.7 Å². The molecule has 3 aromatic rings. The first kappa shape index (κ1) is 20.3. The number of pyridine rings is 1. The summed E-state index contributed by atoms with van der Waals surface area (Å²) in [6, 6.07) is 15.9. The standard InChI is InChI=1S/C25H23ClN2O2/c1-17(29)28-16-21-14-24(23-6-4-3-5-18(23)11-12-30-2)27-15-20(21)8-7-19-13-22(26)9-10-25(19)28/h3-10,13-15H,11-12,16H2,1-2H3/b8-7-. The molecule has 0 fully saturated rings. The highest BCUT2D eigenvalue weighted by Gasteiger charge is 2.20. The molecule has 1 aliphatic heterocycles. The SMILES string of the molecule is COCCc1ccccc1-c1cc2c(cn1)/C=C\c1cc(Cl)ccc1N(C(C)=O)C2. The van der Waals surface area contributed by atoms with Gasteiger partial charge in [-0.2, -0.15) is 0 Å². The Labute approximate surface area is 181 Å². The molecule has 0 aliphatic carbocycles. The summed E-state index contributed by atoms with van der Waals surface area (Å²) < 4.78 is 5.26. The minimum atomic E-state index is -0.0151. The predicted molar refractivity (Wildman–Crippen MR) is 122 cm³/mol. The number of hydrogen-bond donors (Lipinski definition) is 0. The molecular formula is C25H23ClN2O2. The molecule has 0 radical (unpaired) electrons. The molecule has 1 amide bonds. The van der Waals surface area contributed by atoms with E-state index in [4.69, 9.17) is 21.3 Å². The van der Waals surface area contributed by atoms with E-state index in [-0.39, 0.29) is 5.91 Å². The zero-order valence-corrected chi connectivity index (χ0v) is 17.8. The van der Waals surface area contributed by atoms with E-state index in [2.05, 4.69) is 18.2 Å². The molecule has 2 heterocycles. The molecule has 1 aromatic heterocycles. The molecule has 0 N–H and O–H groups in total. The number of halogens is 1. The number of aromatic nitrogens is 1. The van der Waals surface area contributed by atoms with Crippen LogP contribution >= 0.6 is 11.6 Å². The molecule has 0 unspecified atom stereocenters. The Hall–Kier alpha value is -2.95. The number of fused-ring (bicyclic) bond motifs is 2. The Morgan fingerprint density at radius 1 is 1.13 bits per heavy atom. The third-order valence-corrected chi connectivity index (χ3v) is 5.56. The summed E-state index contributed by atoms with van der Waals surface area (Å²) in [5.41, 5.74) is 6.99. The van der Waals surface area contributed by atoms with E-state index in [1.54, 1.807) is 18.9 Å². The van der Waals surface area contributed by atoms with E-state index in [1.165, 1.54) is 5.56 Å². The van der Waals surface area contributed by atoms with Gasteiger partial charge in [0.25, 0.3) is 0 Å². The van der Waals surface area contributed by atoms with Gasteiger partial charge in [0.1, 0.15) is 0 Å². The average Bonchev–Trinajstić information content (AvgIpc) is 2.74. The zero-order valence-electron chi connectivity index (χ0n) is 17.1. The summed E-state index contributed by atoms with van der Waals surface area (Å²) in [7, 11) is 1.71. The molecule has 0 atom stereocenters. The lowest BCUT2D eigenvalue weighted by molar-refractivity contribution is -0.116. The fraction of sp³-hybridized carbons (Fsp3) is 0.200. The Morgan fingerprint density at radius 2 is 1.93 bits per heavy atom. The lowest BCUT2D eigenvalue weighted by atomic mass is 9.97. The fourth-order valence-corrected chi connectivity index (χ4v) is 3.94. The average molecular weight is 419 g/mol. The van der Waals surface area contributed by atoms with Gasteiger partial charge in [-0.05, 0) is 52.9 Å². The summed E-state index contributed by atoms with van der Waals surface area (Å²) in [5.74, 6) is -0.0151. The Kier molecular flexibility index (Phi) is 5.98. The number of rotatable bonds is 4. The number of carbonyl (C=O) groups excluding carboxylic acids is 1. The van der Waals surface area contributed by atoms with Crippen molar-refractivity contribution in [2.75, 3.05) is 18.6 Å². The van der Waals surface area contributed by atoms with Crippen molar-refractivity contribution in [3.05, 3.63) is 82.0 Å². The van der Waals surface area contributed by atoms with Crippen molar-refractivity contribution in [2.24, 2.45) is 0 Å². The van der Waals surface area contributed by atoms with Crippen molar-refractivity contribution in [1.82, 2.24) is 4.98 Å². The fourth-order valence-electron chi connectivity index (χ4n) is 3.76. The molecule has 0 spiro atoms. The van der Waals surface area contributed by atoms with Gasteiger partial charge in [-0.1, -0.05) is 48.0 Å². The Morgan fingerprint density at radius 3 is 2.73 bits per heavy atom. The van der Waals surface area contributed by atoms with E-state index in [9.17, 15) is 4.79 Å². The second-order valence-corrected chi connectivity index (χ2v) is 7.75. The smallest absolute Gasteiger partial charge is 0.224 e. The van der Waals surface area contributed by atoms with Crippen LogP contribution in [0.4, 0.5) is 5.69 Å². The number of hydrogen-bond acceptors (Lipinski definition) is 3. The van der Waals surface area contributed by atoms with E-state index in [0.717, 1.165) is 40.1 Å². The van der Waals surface area contributed by atoms with Gasteiger partial charge in [0.15, 0.2) is 0 Å². The minimum Gasteiger partial charge on any atom is -0.384 e. The van der Waals surface area contributed by atoms with Crippen LogP contribution in [-0.4, -0.2) is 24.6 Å². The predicted octanol–water partition coefficient (Wildman–Crippen LogP) is 5.63. The molecule has 1 aliphatic rings. The molecule has 2 aromatic carbocycles. The first-order chi connectivity index (χ1) is 14.6. The lowest BCUT2D eigenvalue weighted by Gasteiger charge is -2.26. The number of benzene rings is 2. The van der Waals surface area contributed by atoms with Crippen molar-refractivity contribution >= 4 is 35.3 Å². The normalized spacial score (nSPS) is 13.8. The molecule has 5 heteroatoms. The van der Waals surface area contributed by atoms with Gasteiger partial charge >= 0.3 is 0 Å². The second-order valence-electron chi connectivity index (χ2n) is 7.31. The highest BCUT2D eigenvalue weighted by atomic mass is 35.5. The maximum absolute atomic E-state index is 12.5. The van der Waals surface area contributed by atoms with E-state index in [0.29, 0.717) is 18.2 Å². The van der Waals surface area contributed by atoms with Gasteiger partial charge in [-0.25, -0.2) is 0 Å². The largest absolute Gasteiger partial charge is 0.384 e. The first-order valence-corrected chi connectivity index (χ1v) is 10.3. The minimum absolute atomic E-state index is 0.0151. The molecule has 152 valence electrons. The number of amides is 1. The monoisotopic (exact) mass is 418 g/mol. The highest BCUT2D eigenvalue weighted by molar-refractivity contribution is 6.30. The number of methoxy groups -OCH3 is 1. The number of carbonyl (C=O) groups is 1. The van der Waals surface area contributed by atoms with Crippen LogP contribution in [0.5, 0.6) is 0 Å². The van der Waals surface area contributed by atoms with Crippen LogP contribution in [0.2, 0.25) is 5.02 Å². The Balaban J connectivity index is 1.79. The molecule has 0 saturated heterocycles. The molecule has 4 nitrogen and oxygen atoms in total. The van der Waals surface area contributed by atoms with Crippen molar-refractivity contribution in [1.29, 1.82) is 0 Å². The zero-order chi connectivity index (χ0) is 21.1. The summed E-state index contributed by atoms with van der Waals surface area (Å²) in [5, 5.41) is 0.642. The number of nitrogens with zero attached hydrogens (tertiary/aromatic N) is 2. The molecular weight excluding hydrogens is 396 g/mol. The van der Waals surface area contributed by atoms with Crippen molar-refractivity contribution in [3.8, 4) is 11.3 Å². The highest BCUT2D eigenvalue weighted by Crippen LogP contribution is 2.32. The van der Waals surface area contributed by atoms with Crippen LogP contribution in [0.25, 0.3) is 23.4 Å². The second kappa shape index (κ2) is 8.82. The van der Waals surface area contributed by atoms with E-state index < -0.39 is 0 Å². The number of anilines is 1. The first-order valence-electron chi connectivity index (χ1n) is 9.88. The van der Waals surface area contributed by atoms with E-state index in [1.807, 2.05) is 48.7 Å². The lowest BCUT2D eigenvalue weighted by Crippen LogP contribution is -2.29. The van der Waals surface area contributed by atoms with Gasteiger partial charge < -0.3 is 9.64 Å². The number of ether oxygens (including phenoxy) is 1. The van der Waals surface area contributed by atoms with Crippen molar-refractivity contribution < 1.29 is 9.53 Å². The summed E-state index contributed by atoms with van der Waals surface area (Å²) in [6.07, 6.45) is 6.72. The van der Waals surface area contributed by atoms with Crippen LogP contribution in [0.1, 0.15) is 29.2 Å². The van der Waals surface area contributed by atoms with Gasteiger partial charge in [-0.3, -0.25) is 9.78 Å². The van der Waals surface area contributed by atoms with Crippen LogP contribution in [-0.2, 0) is 22.5 Å². The summed E-state index contributed by atoms with van der Waals surface area (Å²) in [6.45, 7) is 2.72. The molecule has 30 heavy (non-hydrogen) atoms. The van der Waals surface area contributed by atoms with Crippen LogP contribution in [0, 0.1) is 0 Å². The van der Waals surface area contributed by atoms with Gasteiger partial charge in [0, 0.05) is 30.8 Å². The molecule has 0 bridgehead atoms.